The second-order valence-corrected chi connectivity index (χ2v) is 4.96. The molecule has 0 aliphatic carbocycles. The molecule has 22 heavy (non-hydrogen) atoms. The third-order valence-electron chi connectivity index (χ3n) is 3.15. The third kappa shape index (κ3) is 5.30. The van der Waals surface area contributed by atoms with Gasteiger partial charge < -0.3 is 9.84 Å². The summed E-state index contributed by atoms with van der Waals surface area (Å²) in [6, 6.07) is 6.62. The lowest BCUT2D eigenvalue weighted by Gasteiger charge is -2.17. The smallest absolute Gasteiger partial charge is 0.335 e. The van der Waals surface area contributed by atoms with E-state index in [1.165, 1.54) is 0 Å². The van der Waals surface area contributed by atoms with E-state index in [4.69, 9.17) is 9.84 Å². The first-order valence-corrected chi connectivity index (χ1v) is 7.21. The number of ether oxygens (including phenoxy) is 1. The zero-order valence-electron chi connectivity index (χ0n) is 13.2. The van der Waals surface area contributed by atoms with Crippen LogP contribution in [0.25, 0.3) is 0 Å². The highest BCUT2D eigenvalue weighted by molar-refractivity contribution is 5.87. The lowest BCUT2D eigenvalue weighted by Crippen LogP contribution is -2.05. The van der Waals surface area contributed by atoms with Crippen LogP contribution in [-0.4, -0.2) is 24.0 Å². The van der Waals surface area contributed by atoms with Crippen molar-refractivity contribution in [2.24, 2.45) is 0 Å². The molecule has 0 aliphatic rings. The van der Waals surface area contributed by atoms with E-state index in [1.54, 1.807) is 38.3 Å². The van der Waals surface area contributed by atoms with E-state index in [0.29, 0.717) is 6.42 Å². The molecule has 0 bridgehead atoms. The summed E-state index contributed by atoms with van der Waals surface area (Å²) >= 11 is 0. The van der Waals surface area contributed by atoms with E-state index in [9.17, 15) is 9.59 Å². The van der Waals surface area contributed by atoms with Crippen LogP contribution in [-0.2, 0) is 9.53 Å². The van der Waals surface area contributed by atoms with Gasteiger partial charge in [-0.2, -0.15) is 0 Å². The summed E-state index contributed by atoms with van der Waals surface area (Å²) in [6.45, 7) is 3.57. The maximum Gasteiger partial charge on any atom is 0.335 e. The molecule has 1 aromatic rings. The average molecular weight is 302 g/mol. The van der Waals surface area contributed by atoms with E-state index < -0.39 is 5.97 Å². The molecule has 1 rings (SSSR count). The number of hydrogen-bond acceptors (Lipinski definition) is 3. The summed E-state index contributed by atoms with van der Waals surface area (Å²) in [7, 11) is 1.61. The summed E-state index contributed by atoms with van der Waals surface area (Å²) in [6.07, 6.45) is 6.69. The molecule has 1 atom stereocenters. The summed E-state index contributed by atoms with van der Waals surface area (Å²) in [5.41, 5.74) is 2.07. The molecule has 4 heteroatoms. The summed E-state index contributed by atoms with van der Waals surface area (Å²) in [5, 5.41) is 8.95. The van der Waals surface area contributed by atoms with Crippen LogP contribution < -0.4 is 0 Å². The Balaban J connectivity index is 3.03. The first-order valence-electron chi connectivity index (χ1n) is 7.21. The first kappa shape index (κ1) is 17.9. The molecular formula is C18H22O4. The van der Waals surface area contributed by atoms with Crippen molar-refractivity contribution in [3.8, 4) is 0 Å². The molecule has 0 saturated carbocycles. The molecule has 1 unspecified atom stereocenters. The van der Waals surface area contributed by atoms with Crippen LogP contribution in [0.15, 0.2) is 48.1 Å². The zero-order valence-corrected chi connectivity index (χ0v) is 13.2. The Labute approximate surface area is 131 Å². The van der Waals surface area contributed by atoms with Crippen molar-refractivity contribution in [1.29, 1.82) is 0 Å². The van der Waals surface area contributed by atoms with Gasteiger partial charge in [0.2, 0.25) is 0 Å². The second-order valence-electron chi connectivity index (χ2n) is 4.96. The highest BCUT2D eigenvalue weighted by atomic mass is 16.5. The molecule has 4 nitrogen and oxygen atoms in total. The molecule has 0 spiro atoms. The maximum atomic E-state index is 11.0. The zero-order chi connectivity index (χ0) is 16.5. The SMILES string of the molecule is CC/C=C(\C=C/CC(C)=O)C(OC)c1ccc(C(=O)O)cc1. The van der Waals surface area contributed by atoms with Gasteiger partial charge in [-0.05, 0) is 36.6 Å². The van der Waals surface area contributed by atoms with Gasteiger partial charge in [-0.3, -0.25) is 4.79 Å². The Hall–Kier alpha value is -2.20. The molecule has 0 saturated heterocycles. The predicted molar refractivity (Wildman–Crippen MR) is 86.0 cm³/mol. The van der Waals surface area contributed by atoms with E-state index in [0.717, 1.165) is 17.6 Å². The quantitative estimate of drug-likeness (QED) is 0.739. The van der Waals surface area contributed by atoms with Gasteiger partial charge in [0.05, 0.1) is 5.56 Å². The number of ketones is 1. The van der Waals surface area contributed by atoms with Crippen molar-refractivity contribution in [3.05, 3.63) is 59.2 Å². The van der Waals surface area contributed by atoms with Crippen LogP contribution in [0.4, 0.5) is 0 Å². The number of methoxy groups -OCH3 is 1. The molecule has 1 N–H and O–H groups in total. The molecule has 0 aliphatic heterocycles. The molecule has 0 radical (unpaired) electrons. The largest absolute Gasteiger partial charge is 0.478 e. The van der Waals surface area contributed by atoms with Crippen molar-refractivity contribution in [3.63, 3.8) is 0 Å². The Morgan fingerprint density at radius 1 is 1.27 bits per heavy atom. The van der Waals surface area contributed by atoms with Crippen LogP contribution in [0.5, 0.6) is 0 Å². The van der Waals surface area contributed by atoms with Crippen molar-refractivity contribution in [2.45, 2.75) is 32.8 Å². The molecule has 0 amide bonds. The lowest BCUT2D eigenvalue weighted by atomic mass is 9.98. The fourth-order valence-corrected chi connectivity index (χ4v) is 2.12. The fourth-order valence-electron chi connectivity index (χ4n) is 2.12. The van der Waals surface area contributed by atoms with Crippen LogP contribution in [0.1, 0.15) is 48.7 Å². The molecule has 0 fully saturated rings. The van der Waals surface area contributed by atoms with Crippen molar-refractivity contribution in [2.75, 3.05) is 7.11 Å². The Bertz CT molecular complexity index is 567. The molecular weight excluding hydrogens is 280 g/mol. The Morgan fingerprint density at radius 3 is 2.36 bits per heavy atom. The minimum atomic E-state index is -0.953. The number of carboxylic acid groups (broad SMARTS) is 1. The van der Waals surface area contributed by atoms with Crippen LogP contribution in [0.2, 0.25) is 0 Å². The Kier molecular flexibility index (Phi) is 7.26. The lowest BCUT2D eigenvalue weighted by molar-refractivity contribution is -0.116. The summed E-state index contributed by atoms with van der Waals surface area (Å²) in [4.78, 5) is 21.9. The van der Waals surface area contributed by atoms with E-state index >= 15 is 0 Å². The topological polar surface area (TPSA) is 63.6 Å². The molecule has 0 heterocycles. The predicted octanol–water partition coefficient (Wildman–Crippen LogP) is 3.94. The Morgan fingerprint density at radius 2 is 1.91 bits per heavy atom. The van der Waals surface area contributed by atoms with Gasteiger partial charge in [0.15, 0.2) is 0 Å². The number of rotatable bonds is 8. The molecule has 1 aromatic carbocycles. The van der Waals surface area contributed by atoms with Gasteiger partial charge in [-0.25, -0.2) is 4.79 Å². The van der Waals surface area contributed by atoms with Gasteiger partial charge in [0.1, 0.15) is 11.9 Å². The minimum absolute atomic E-state index is 0.104. The van der Waals surface area contributed by atoms with Gasteiger partial charge in [0.25, 0.3) is 0 Å². The number of allylic oxidation sites excluding steroid dienone is 2. The number of aromatic carboxylic acids is 1. The number of hydrogen-bond donors (Lipinski definition) is 1. The number of carbonyl (C=O) groups is 2. The highest BCUT2D eigenvalue weighted by Gasteiger charge is 2.14. The van der Waals surface area contributed by atoms with E-state index in [-0.39, 0.29) is 17.5 Å². The standard InChI is InChI=1S/C18H22O4/c1-4-6-14(8-5-7-13(2)19)17(22-3)15-9-11-16(12-10-15)18(20)21/h5-6,8-12,17H,4,7H2,1-3H3,(H,20,21)/b8-5-,14-6+. The van der Waals surface area contributed by atoms with Gasteiger partial charge >= 0.3 is 5.97 Å². The van der Waals surface area contributed by atoms with Crippen molar-refractivity contribution < 1.29 is 19.4 Å². The third-order valence-corrected chi connectivity index (χ3v) is 3.15. The fraction of sp³-hybridized carbons (Fsp3) is 0.333. The van der Waals surface area contributed by atoms with Crippen molar-refractivity contribution in [1.82, 2.24) is 0 Å². The molecule has 0 aromatic heterocycles. The van der Waals surface area contributed by atoms with E-state index in [2.05, 4.69) is 0 Å². The van der Waals surface area contributed by atoms with Gasteiger partial charge in [0, 0.05) is 13.5 Å². The normalized spacial score (nSPS) is 13.3. The number of benzene rings is 1. The van der Waals surface area contributed by atoms with Crippen LogP contribution >= 0.6 is 0 Å². The number of carboxylic acids is 1. The highest BCUT2D eigenvalue weighted by Crippen LogP contribution is 2.27. The maximum absolute atomic E-state index is 11.0. The van der Waals surface area contributed by atoms with Crippen molar-refractivity contribution >= 4 is 11.8 Å². The molecule has 118 valence electrons. The van der Waals surface area contributed by atoms with Gasteiger partial charge in [-0.15, -0.1) is 0 Å². The summed E-state index contributed by atoms with van der Waals surface area (Å²) in [5.74, 6) is -0.849. The second kappa shape index (κ2) is 8.95. The number of carbonyl (C=O) groups excluding carboxylic acids is 1. The minimum Gasteiger partial charge on any atom is -0.478 e. The van der Waals surface area contributed by atoms with Crippen LogP contribution in [0, 0.1) is 0 Å². The average Bonchev–Trinajstić information content (AvgIpc) is 2.48. The first-order chi connectivity index (χ1) is 10.5. The van der Waals surface area contributed by atoms with Crippen LogP contribution in [0.3, 0.4) is 0 Å². The van der Waals surface area contributed by atoms with E-state index in [1.807, 2.05) is 25.2 Å². The summed E-state index contributed by atoms with van der Waals surface area (Å²) < 4.78 is 5.56. The van der Waals surface area contributed by atoms with Gasteiger partial charge in [-0.1, -0.05) is 37.3 Å². The number of Topliss-reactive ketones (excluding diaryl/α,β-unsaturated/α-hetero) is 1. The monoisotopic (exact) mass is 302 g/mol.